The van der Waals surface area contributed by atoms with E-state index in [1.165, 1.54) is 0 Å². The van der Waals surface area contributed by atoms with Crippen molar-refractivity contribution in [2.75, 3.05) is 19.3 Å². The number of ether oxygens (including phenoxy) is 1. The van der Waals surface area contributed by atoms with Crippen molar-refractivity contribution in [3.8, 4) is 34.7 Å². The molecule has 1 aromatic heterocycles. The minimum absolute atomic E-state index is 0.0452. The molecule has 2 aromatic carbocycles. The van der Waals surface area contributed by atoms with Crippen molar-refractivity contribution in [3.63, 3.8) is 0 Å². The summed E-state index contributed by atoms with van der Waals surface area (Å²) in [7, 11) is -1.59. The van der Waals surface area contributed by atoms with Gasteiger partial charge in [0.05, 0.1) is 17.4 Å². The molecule has 1 unspecified atom stereocenters. The fourth-order valence-electron chi connectivity index (χ4n) is 5.12. The number of nitriles is 1. The zero-order valence-corrected chi connectivity index (χ0v) is 21.4. The van der Waals surface area contributed by atoms with Crippen LogP contribution in [0, 0.1) is 11.3 Å². The van der Waals surface area contributed by atoms with Gasteiger partial charge >= 0.3 is 0 Å². The van der Waals surface area contributed by atoms with Crippen LogP contribution in [-0.4, -0.2) is 50.0 Å². The molecule has 1 heterocycles. The third kappa shape index (κ3) is 4.50. The molecule has 0 amide bonds. The Labute approximate surface area is 210 Å². The molecule has 2 atom stereocenters. The predicted molar refractivity (Wildman–Crippen MR) is 135 cm³/mol. The van der Waals surface area contributed by atoms with Gasteiger partial charge in [0, 0.05) is 29.1 Å². The monoisotopic (exact) mass is 507 g/mol. The van der Waals surface area contributed by atoms with Gasteiger partial charge in [0.2, 0.25) is 15.8 Å². The van der Waals surface area contributed by atoms with Gasteiger partial charge in [-0.2, -0.15) is 10.2 Å². The number of rotatable bonds is 9. The summed E-state index contributed by atoms with van der Waals surface area (Å²) in [6.45, 7) is 4.23. The minimum atomic E-state index is -3.34. The molecule has 0 bridgehead atoms. The van der Waals surface area contributed by atoms with Gasteiger partial charge < -0.3 is 14.6 Å². The molecule has 10 heteroatoms. The Morgan fingerprint density at radius 1 is 1.31 bits per heavy atom. The minimum Gasteiger partial charge on any atom is -0.490 e. The number of nitrogens with zero attached hydrogens (tertiary/aromatic N) is 3. The van der Waals surface area contributed by atoms with E-state index in [1.807, 2.05) is 26.0 Å². The molecule has 1 spiro atoms. The predicted octanol–water partition coefficient (Wildman–Crippen LogP) is 3.16. The molecule has 1 saturated carbocycles. The van der Waals surface area contributed by atoms with Crippen LogP contribution in [0.3, 0.4) is 0 Å². The number of hydrogen-bond donors (Lipinski definition) is 2. The van der Waals surface area contributed by atoms with Gasteiger partial charge in [0.1, 0.15) is 11.8 Å². The normalized spacial score (nSPS) is 20.5. The first-order valence-corrected chi connectivity index (χ1v) is 13.7. The standard InChI is InChI=1S/C26H29N5O4S/c1-16(2)34-22-8-7-17(13-18(22)15-27)25-29-24(30-35-25)20-5-4-6-21-19(20)9-10-26(21)14-23(26)31-36(32,33)12-11-28-3/h4-8,13,16,23,28,31H,9-12,14H2,1-3H3/t23?,26-/m0/s1. The zero-order valence-electron chi connectivity index (χ0n) is 20.5. The van der Waals surface area contributed by atoms with Crippen LogP contribution in [0.25, 0.3) is 22.8 Å². The molecule has 0 saturated heterocycles. The maximum absolute atomic E-state index is 12.4. The molecular formula is C26H29N5O4S. The van der Waals surface area contributed by atoms with Gasteiger partial charge in [-0.05, 0) is 69.5 Å². The van der Waals surface area contributed by atoms with Gasteiger partial charge in [0.15, 0.2) is 0 Å². The summed E-state index contributed by atoms with van der Waals surface area (Å²) in [6, 6.07) is 13.3. The largest absolute Gasteiger partial charge is 0.490 e. The number of sulfonamides is 1. The van der Waals surface area contributed by atoms with Crippen molar-refractivity contribution in [1.82, 2.24) is 20.2 Å². The Hall–Kier alpha value is -3.26. The summed E-state index contributed by atoms with van der Waals surface area (Å²) in [5, 5.41) is 16.7. The van der Waals surface area contributed by atoms with Crippen molar-refractivity contribution in [2.45, 2.75) is 50.7 Å². The molecule has 36 heavy (non-hydrogen) atoms. The topological polar surface area (TPSA) is 130 Å². The van der Waals surface area contributed by atoms with E-state index in [0.717, 1.165) is 36.0 Å². The summed E-state index contributed by atoms with van der Waals surface area (Å²) >= 11 is 0. The van der Waals surface area contributed by atoms with Crippen LogP contribution in [0.4, 0.5) is 0 Å². The lowest BCUT2D eigenvalue weighted by Crippen LogP contribution is -2.35. The number of nitrogens with one attached hydrogen (secondary N) is 2. The maximum atomic E-state index is 12.4. The van der Waals surface area contributed by atoms with Gasteiger partial charge in [-0.25, -0.2) is 13.1 Å². The Kier molecular flexibility index (Phi) is 6.32. The molecular weight excluding hydrogens is 478 g/mol. The lowest BCUT2D eigenvalue weighted by Gasteiger charge is -2.13. The number of benzene rings is 2. The average Bonchev–Trinajstić information content (AvgIpc) is 3.18. The molecule has 188 valence electrons. The maximum Gasteiger partial charge on any atom is 0.258 e. The molecule has 1 fully saturated rings. The number of aromatic nitrogens is 2. The highest BCUT2D eigenvalue weighted by atomic mass is 32.2. The first kappa shape index (κ1) is 24.4. The fraction of sp³-hybridized carbons (Fsp3) is 0.423. The van der Waals surface area contributed by atoms with E-state index >= 15 is 0 Å². The second-order valence-corrected chi connectivity index (χ2v) is 11.6. The van der Waals surface area contributed by atoms with Gasteiger partial charge in [-0.1, -0.05) is 23.4 Å². The Morgan fingerprint density at radius 2 is 2.14 bits per heavy atom. The van der Waals surface area contributed by atoms with Crippen LogP contribution in [-0.2, 0) is 21.9 Å². The van der Waals surface area contributed by atoms with E-state index < -0.39 is 10.0 Å². The lowest BCUT2D eigenvalue weighted by molar-refractivity contribution is 0.241. The van der Waals surface area contributed by atoms with Crippen LogP contribution in [0.15, 0.2) is 40.9 Å². The number of fused-ring (bicyclic) bond motifs is 2. The lowest BCUT2D eigenvalue weighted by atomic mass is 9.95. The summed E-state index contributed by atoms with van der Waals surface area (Å²) < 4.78 is 39.0. The fourth-order valence-corrected chi connectivity index (χ4v) is 6.45. The van der Waals surface area contributed by atoms with E-state index in [2.05, 4.69) is 32.3 Å². The van der Waals surface area contributed by atoms with Crippen molar-refractivity contribution < 1.29 is 17.7 Å². The summed E-state index contributed by atoms with van der Waals surface area (Å²) in [4.78, 5) is 4.63. The van der Waals surface area contributed by atoms with E-state index in [4.69, 9.17) is 9.26 Å². The average molecular weight is 508 g/mol. The van der Waals surface area contributed by atoms with Crippen LogP contribution in [0.1, 0.15) is 43.4 Å². The second kappa shape index (κ2) is 9.32. The zero-order chi connectivity index (χ0) is 25.5. The molecule has 2 aliphatic carbocycles. The molecule has 2 N–H and O–H groups in total. The summed E-state index contributed by atoms with van der Waals surface area (Å²) in [5.74, 6) is 1.38. The van der Waals surface area contributed by atoms with Crippen LogP contribution in [0.2, 0.25) is 0 Å². The van der Waals surface area contributed by atoms with E-state index in [-0.39, 0.29) is 23.3 Å². The highest BCUT2D eigenvalue weighted by Gasteiger charge is 2.59. The Morgan fingerprint density at radius 3 is 2.89 bits per heavy atom. The third-order valence-corrected chi connectivity index (χ3v) is 8.31. The van der Waals surface area contributed by atoms with Crippen molar-refractivity contribution in [2.24, 2.45) is 0 Å². The molecule has 5 rings (SSSR count). The van der Waals surface area contributed by atoms with Crippen molar-refractivity contribution >= 4 is 10.0 Å². The van der Waals surface area contributed by atoms with Crippen LogP contribution < -0.4 is 14.8 Å². The van der Waals surface area contributed by atoms with E-state index in [0.29, 0.717) is 35.1 Å². The molecule has 0 aliphatic heterocycles. The SMILES string of the molecule is CNCCS(=O)(=O)NC1C[C@]12CCc1c(-c3noc(-c4ccc(OC(C)C)c(C#N)c4)n3)cccc12. The third-order valence-electron chi connectivity index (χ3n) is 6.93. The van der Waals surface area contributed by atoms with Crippen LogP contribution in [0.5, 0.6) is 5.75 Å². The highest BCUT2D eigenvalue weighted by Crippen LogP contribution is 2.58. The van der Waals surface area contributed by atoms with Crippen LogP contribution >= 0.6 is 0 Å². The van der Waals surface area contributed by atoms with Crippen molar-refractivity contribution in [3.05, 3.63) is 53.1 Å². The quantitative estimate of drug-likeness (QED) is 0.452. The molecule has 9 nitrogen and oxygen atoms in total. The first-order valence-electron chi connectivity index (χ1n) is 12.1. The summed E-state index contributed by atoms with van der Waals surface area (Å²) in [6.07, 6.45) is 2.45. The Bertz CT molecular complexity index is 1440. The van der Waals surface area contributed by atoms with Gasteiger partial charge in [-0.15, -0.1) is 0 Å². The molecule has 2 aliphatic rings. The molecule has 3 aromatic rings. The smallest absolute Gasteiger partial charge is 0.258 e. The number of hydrogen-bond acceptors (Lipinski definition) is 8. The highest BCUT2D eigenvalue weighted by molar-refractivity contribution is 7.89. The summed E-state index contributed by atoms with van der Waals surface area (Å²) in [5.41, 5.74) is 4.07. The Balaban J connectivity index is 1.40. The van der Waals surface area contributed by atoms with Gasteiger partial charge in [0.25, 0.3) is 5.89 Å². The first-order chi connectivity index (χ1) is 17.3. The van der Waals surface area contributed by atoms with E-state index in [1.54, 1.807) is 25.2 Å². The molecule has 0 radical (unpaired) electrons. The second-order valence-electron chi connectivity index (χ2n) is 9.70. The van der Waals surface area contributed by atoms with Gasteiger partial charge in [-0.3, -0.25) is 0 Å². The van der Waals surface area contributed by atoms with Crippen molar-refractivity contribution in [1.29, 1.82) is 5.26 Å². The van der Waals surface area contributed by atoms with E-state index in [9.17, 15) is 13.7 Å².